The molecule has 0 N–H and O–H groups in total. The third kappa shape index (κ3) is 5.68. The molecule has 1 fully saturated rings. The molecule has 1 saturated heterocycles. The van der Waals surface area contributed by atoms with Crippen molar-refractivity contribution < 1.29 is 27.5 Å². The summed E-state index contributed by atoms with van der Waals surface area (Å²) in [6, 6.07) is 11.4. The zero-order chi connectivity index (χ0) is 26.6. The van der Waals surface area contributed by atoms with E-state index >= 15 is 0 Å². The van der Waals surface area contributed by atoms with Gasteiger partial charge >= 0.3 is 5.97 Å². The zero-order valence-electron chi connectivity index (χ0n) is 20.8. The molecule has 1 amide bonds. The number of carbonyl (C=O) groups is 2. The van der Waals surface area contributed by atoms with Gasteiger partial charge in [-0.2, -0.15) is 9.30 Å². The number of sulfonamides is 1. The Bertz CT molecular complexity index is 1490. The van der Waals surface area contributed by atoms with E-state index in [4.69, 9.17) is 9.47 Å². The van der Waals surface area contributed by atoms with Crippen molar-refractivity contribution in [3.63, 3.8) is 0 Å². The van der Waals surface area contributed by atoms with Crippen LogP contribution in [0.25, 0.3) is 10.2 Å². The number of rotatable bonds is 8. The van der Waals surface area contributed by atoms with Gasteiger partial charge in [-0.25, -0.2) is 13.2 Å². The summed E-state index contributed by atoms with van der Waals surface area (Å²) in [6.07, 6.45) is 2.82. The number of piperidine rings is 1. The summed E-state index contributed by atoms with van der Waals surface area (Å²) in [4.78, 5) is 30.4. The van der Waals surface area contributed by atoms with Crippen LogP contribution in [0.1, 0.15) is 30.1 Å². The number of allylic oxidation sites excluding steroid dienone is 1. The fraction of sp³-hybridized carbons (Fsp3) is 0.346. The summed E-state index contributed by atoms with van der Waals surface area (Å²) < 4.78 is 40.6. The average Bonchev–Trinajstić information content (AvgIpc) is 3.25. The van der Waals surface area contributed by atoms with Crippen LogP contribution in [0.2, 0.25) is 0 Å². The molecule has 0 spiro atoms. The van der Waals surface area contributed by atoms with Crippen LogP contribution in [0.5, 0.6) is 5.75 Å². The lowest BCUT2D eigenvalue weighted by atomic mass is 9.99. The van der Waals surface area contributed by atoms with Crippen molar-refractivity contribution in [3.8, 4) is 5.75 Å². The maximum absolute atomic E-state index is 13.2. The molecule has 0 aliphatic carbocycles. The molecule has 9 nitrogen and oxygen atoms in total. The molecule has 196 valence electrons. The smallest absolute Gasteiger partial charge is 0.338 e. The van der Waals surface area contributed by atoms with Crippen LogP contribution in [-0.2, 0) is 26.1 Å². The lowest BCUT2D eigenvalue weighted by Gasteiger charge is -2.30. The number of esters is 1. The normalized spacial score (nSPS) is 17.0. The van der Waals surface area contributed by atoms with E-state index in [0.717, 1.165) is 10.2 Å². The maximum Gasteiger partial charge on any atom is 0.338 e. The highest BCUT2D eigenvalue weighted by molar-refractivity contribution is 7.89. The molecule has 1 atom stereocenters. The number of ether oxygens (including phenoxy) is 2. The number of fused-ring (bicyclic) bond motifs is 1. The summed E-state index contributed by atoms with van der Waals surface area (Å²) in [6.45, 7) is 6.66. The molecule has 1 aliphatic heterocycles. The quantitative estimate of drug-likeness (QED) is 0.317. The Kier molecular flexibility index (Phi) is 8.25. The predicted octanol–water partition coefficient (Wildman–Crippen LogP) is 3.60. The molecule has 2 heterocycles. The van der Waals surface area contributed by atoms with Gasteiger partial charge in [0, 0.05) is 19.6 Å². The van der Waals surface area contributed by atoms with Gasteiger partial charge in [-0.05, 0) is 62.2 Å². The van der Waals surface area contributed by atoms with E-state index in [9.17, 15) is 18.0 Å². The molecule has 3 aromatic rings. The van der Waals surface area contributed by atoms with Crippen LogP contribution in [0.4, 0.5) is 0 Å². The largest absolute Gasteiger partial charge is 0.497 e. The first-order chi connectivity index (χ1) is 17.8. The summed E-state index contributed by atoms with van der Waals surface area (Å²) in [7, 11) is -2.24. The third-order valence-corrected chi connectivity index (χ3v) is 9.06. The van der Waals surface area contributed by atoms with E-state index < -0.39 is 21.9 Å². The maximum atomic E-state index is 13.2. The molecule has 1 aliphatic rings. The van der Waals surface area contributed by atoms with Crippen LogP contribution >= 0.6 is 11.3 Å². The first-order valence-corrected chi connectivity index (χ1v) is 14.2. The van der Waals surface area contributed by atoms with E-state index in [-0.39, 0.29) is 24.0 Å². The van der Waals surface area contributed by atoms with Crippen molar-refractivity contribution in [2.24, 2.45) is 10.9 Å². The topological polar surface area (TPSA) is 107 Å². The second-order valence-electron chi connectivity index (χ2n) is 8.51. The molecule has 1 unspecified atom stereocenters. The molecule has 1 aromatic heterocycles. The third-order valence-electron chi connectivity index (χ3n) is 6.14. The van der Waals surface area contributed by atoms with Crippen molar-refractivity contribution in [1.82, 2.24) is 8.87 Å². The first kappa shape index (κ1) is 26.8. The van der Waals surface area contributed by atoms with Crippen molar-refractivity contribution in [3.05, 3.63) is 65.5 Å². The minimum Gasteiger partial charge on any atom is -0.497 e. The fourth-order valence-electron chi connectivity index (χ4n) is 4.25. The Balaban J connectivity index is 1.61. The lowest BCUT2D eigenvalue weighted by molar-refractivity contribution is -0.122. The molecule has 0 radical (unpaired) electrons. The second-order valence-corrected chi connectivity index (χ2v) is 11.5. The Morgan fingerprint density at radius 2 is 1.97 bits per heavy atom. The Morgan fingerprint density at radius 1 is 1.22 bits per heavy atom. The molecule has 11 heteroatoms. The molecule has 2 aromatic carbocycles. The average molecular weight is 544 g/mol. The number of nitrogens with zero attached hydrogens (tertiary/aromatic N) is 3. The molecule has 4 rings (SSSR count). The van der Waals surface area contributed by atoms with Gasteiger partial charge in [0.2, 0.25) is 10.0 Å². The highest BCUT2D eigenvalue weighted by atomic mass is 32.2. The highest BCUT2D eigenvalue weighted by Crippen LogP contribution is 2.26. The van der Waals surface area contributed by atoms with E-state index in [1.54, 1.807) is 43.3 Å². The van der Waals surface area contributed by atoms with Crippen molar-refractivity contribution in [2.45, 2.75) is 31.2 Å². The Morgan fingerprint density at radius 3 is 2.65 bits per heavy atom. The van der Waals surface area contributed by atoms with Gasteiger partial charge in [0.1, 0.15) is 5.75 Å². The molecule has 37 heavy (non-hydrogen) atoms. The van der Waals surface area contributed by atoms with E-state index in [2.05, 4.69) is 11.6 Å². The summed E-state index contributed by atoms with van der Waals surface area (Å²) in [5.74, 6) is -0.776. The summed E-state index contributed by atoms with van der Waals surface area (Å²) in [5, 5.41) is 0. The van der Waals surface area contributed by atoms with Crippen molar-refractivity contribution in [2.75, 3.05) is 26.8 Å². The number of hydrogen-bond acceptors (Lipinski definition) is 7. The van der Waals surface area contributed by atoms with Gasteiger partial charge in [-0.3, -0.25) is 4.79 Å². The van der Waals surface area contributed by atoms with E-state index in [0.29, 0.717) is 42.0 Å². The number of amides is 1. The number of methoxy groups -OCH3 is 1. The number of hydrogen-bond donors (Lipinski definition) is 0. The molecular formula is C26H29N3O6S2. The summed E-state index contributed by atoms with van der Waals surface area (Å²) in [5.41, 5.74) is 1.24. The molecule has 0 bridgehead atoms. The van der Waals surface area contributed by atoms with Gasteiger partial charge < -0.3 is 14.0 Å². The van der Waals surface area contributed by atoms with Crippen molar-refractivity contribution in [1.29, 1.82) is 0 Å². The number of aromatic nitrogens is 1. The number of carbonyl (C=O) groups excluding carboxylic acids is 2. The van der Waals surface area contributed by atoms with E-state index in [1.165, 1.54) is 34.9 Å². The van der Waals surface area contributed by atoms with Crippen LogP contribution in [0.15, 0.2) is 65.0 Å². The van der Waals surface area contributed by atoms with Gasteiger partial charge in [0.15, 0.2) is 4.80 Å². The highest BCUT2D eigenvalue weighted by Gasteiger charge is 2.33. The summed E-state index contributed by atoms with van der Waals surface area (Å²) >= 11 is 1.29. The SMILES string of the molecule is C=CCn1c(=NC(=O)C2CCCN(S(=O)(=O)c3ccc(OC)cc3)C2)sc2cc(C(=O)OCC)ccc21. The van der Waals surface area contributed by atoms with Crippen LogP contribution < -0.4 is 9.54 Å². The van der Waals surface area contributed by atoms with Crippen molar-refractivity contribution >= 4 is 43.5 Å². The Labute approximate surface area is 219 Å². The molecule has 0 saturated carbocycles. The number of thiazole rings is 1. The van der Waals surface area contributed by atoms with Crippen LogP contribution in [-0.4, -0.2) is 56.0 Å². The van der Waals surface area contributed by atoms with E-state index in [1.807, 2.05) is 4.57 Å². The second kappa shape index (κ2) is 11.4. The lowest BCUT2D eigenvalue weighted by Crippen LogP contribution is -2.42. The predicted molar refractivity (Wildman–Crippen MR) is 141 cm³/mol. The number of benzene rings is 2. The van der Waals surface area contributed by atoms with Gasteiger partial charge in [0.25, 0.3) is 5.91 Å². The molecular weight excluding hydrogens is 514 g/mol. The van der Waals surface area contributed by atoms with Gasteiger partial charge in [-0.15, -0.1) is 6.58 Å². The van der Waals surface area contributed by atoms with Crippen LogP contribution in [0, 0.1) is 5.92 Å². The minimum absolute atomic E-state index is 0.0655. The first-order valence-electron chi connectivity index (χ1n) is 11.9. The fourth-order valence-corrected chi connectivity index (χ4v) is 6.86. The zero-order valence-corrected chi connectivity index (χ0v) is 22.4. The van der Waals surface area contributed by atoms with Gasteiger partial charge in [0.05, 0.1) is 40.3 Å². The monoisotopic (exact) mass is 543 g/mol. The van der Waals surface area contributed by atoms with Crippen LogP contribution in [0.3, 0.4) is 0 Å². The minimum atomic E-state index is -3.76. The standard InChI is InChI=1S/C26H29N3O6S2/c1-4-14-29-22-13-8-18(25(31)35-5-2)16-23(22)36-26(29)27-24(30)19-7-6-15-28(17-19)37(32,33)21-11-9-20(34-3)10-12-21/h4,8-13,16,19H,1,5-7,14-15,17H2,2-3H3. The Hall–Kier alpha value is -3.28. The van der Waals surface area contributed by atoms with Gasteiger partial charge in [-0.1, -0.05) is 17.4 Å².